The Morgan fingerprint density at radius 2 is 1.79 bits per heavy atom. The summed E-state index contributed by atoms with van der Waals surface area (Å²) in [5.74, 6) is 0.695. The molecule has 0 bridgehead atoms. The number of para-hydroxylation sites is 2. The Kier molecular flexibility index (Phi) is 4.91. The van der Waals surface area contributed by atoms with Gasteiger partial charge in [0.25, 0.3) is 0 Å². The number of benzene rings is 3. The van der Waals surface area contributed by atoms with Gasteiger partial charge < -0.3 is 14.5 Å². The van der Waals surface area contributed by atoms with E-state index in [0.717, 1.165) is 33.1 Å². The highest BCUT2D eigenvalue weighted by Crippen LogP contribution is 2.46. The summed E-state index contributed by atoms with van der Waals surface area (Å²) in [5, 5.41) is 5.25. The summed E-state index contributed by atoms with van der Waals surface area (Å²) >= 11 is 3.38. The molecule has 194 valence electrons. The minimum absolute atomic E-state index is 0.0214. The standard InChI is InChI=1S/C33H29N3OS2/c1-33(2,3)22-12-14-34-27(17-22)25-16-21-13-15-38-31(21)32-26(25)19-30(39-32)37-24-9-7-8-23(18-24)36-20-35(4)28-10-5-6-11-29(28)36/h5-19H,20H2,1-4H3/i4D3. The molecule has 6 heteroatoms. The molecule has 39 heavy (non-hydrogen) atoms. The Morgan fingerprint density at radius 3 is 2.64 bits per heavy atom. The van der Waals surface area contributed by atoms with Crippen molar-refractivity contribution in [3.05, 3.63) is 96.0 Å². The first kappa shape index (κ1) is 21.0. The Bertz CT molecular complexity index is 1950. The van der Waals surface area contributed by atoms with Crippen molar-refractivity contribution in [1.82, 2.24) is 4.98 Å². The quantitative estimate of drug-likeness (QED) is 0.218. The van der Waals surface area contributed by atoms with Crippen molar-refractivity contribution < 1.29 is 8.85 Å². The lowest BCUT2D eigenvalue weighted by atomic mass is 9.86. The number of pyridine rings is 1. The van der Waals surface area contributed by atoms with Crippen LogP contribution in [0.5, 0.6) is 10.8 Å². The molecular formula is C33H29N3OS2. The smallest absolute Gasteiger partial charge is 0.182 e. The van der Waals surface area contributed by atoms with Crippen LogP contribution in [0.4, 0.5) is 17.1 Å². The summed E-state index contributed by atoms with van der Waals surface area (Å²) in [6.45, 7) is 4.66. The SMILES string of the molecule is [2H]C([2H])([2H])N1CN(c2cccc(Oc3cc4c(-c5cc(C(C)(C)C)ccn5)cc5ccsc5c4s3)c2)c2ccccc21. The molecule has 0 N–H and O–H groups in total. The fourth-order valence-corrected chi connectivity index (χ4v) is 7.27. The molecule has 4 nitrogen and oxygen atoms in total. The van der Waals surface area contributed by atoms with Gasteiger partial charge >= 0.3 is 0 Å². The molecule has 4 heterocycles. The average molecular weight is 551 g/mol. The number of hydrogen-bond donors (Lipinski definition) is 0. The van der Waals surface area contributed by atoms with E-state index in [4.69, 9.17) is 13.8 Å². The molecular weight excluding hydrogens is 519 g/mol. The number of anilines is 3. The van der Waals surface area contributed by atoms with E-state index in [2.05, 4.69) is 56.5 Å². The second kappa shape index (κ2) is 9.11. The first-order chi connectivity index (χ1) is 20.1. The zero-order chi connectivity index (χ0) is 29.2. The van der Waals surface area contributed by atoms with Crippen molar-refractivity contribution in [3.63, 3.8) is 0 Å². The summed E-state index contributed by atoms with van der Waals surface area (Å²) in [4.78, 5) is 8.24. The summed E-state index contributed by atoms with van der Waals surface area (Å²) in [7, 11) is 0. The second-order valence-corrected chi connectivity index (χ2v) is 12.8. The van der Waals surface area contributed by atoms with Gasteiger partial charge in [0.15, 0.2) is 5.06 Å². The van der Waals surface area contributed by atoms with Gasteiger partial charge in [-0.25, -0.2) is 0 Å². The minimum Gasteiger partial charge on any atom is -0.447 e. The lowest BCUT2D eigenvalue weighted by Crippen LogP contribution is -2.23. The highest BCUT2D eigenvalue weighted by molar-refractivity contribution is 7.27. The molecule has 0 unspecified atom stereocenters. The largest absolute Gasteiger partial charge is 0.447 e. The van der Waals surface area contributed by atoms with E-state index in [0.29, 0.717) is 11.4 Å². The van der Waals surface area contributed by atoms with E-state index in [9.17, 15) is 0 Å². The van der Waals surface area contributed by atoms with Gasteiger partial charge in [0, 0.05) is 46.1 Å². The third-order valence-electron chi connectivity index (χ3n) is 7.20. The van der Waals surface area contributed by atoms with E-state index in [1.165, 1.54) is 25.2 Å². The molecule has 0 amide bonds. The molecule has 0 saturated heterocycles. The summed E-state index contributed by atoms with van der Waals surface area (Å²) in [6.07, 6.45) is 1.90. The predicted octanol–water partition coefficient (Wildman–Crippen LogP) is 9.81. The molecule has 0 fully saturated rings. The zero-order valence-corrected chi connectivity index (χ0v) is 23.6. The molecule has 0 aliphatic carbocycles. The van der Waals surface area contributed by atoms with Crippen molar-refractivity contribution >= 4 is 59.9 Å². The first-order valence-corrected chi connectivity index (χ1v) is 14.6. The number of ether oxygens (including phenoxy) is 1. The molecule has 0 saturated carbocycles. The fourth-order valence-electron chi connectivity index (χ4n) is 5.16. The molecule has 6 aromatic rings. The number of hydrogen-bond acceptors (Lipinski definition) is 6. The number of fused-ring (bicyclic) bond motifs is 4. The van der Waals surface area contributed by atoms with Crippen LogP contribution in [-0.2, 0) is 5.41 Å². The summed E-state index contributed by atoms with van der Waals surface area (Å²) in [6, 6.07) is 26.3. The highest BCUT2D eigenvalue weighted by Gasteiger charge is 2.24. The Balaban J connectivity index is 1.26. The van der Waals surface area contributed by atoms with Crippen LogP contribution in [0.15, 0.2) is 90.4 Å². The maximum absolute atomic E-state index is 8.03. The third kappa shape index (κ3) is 4.24. The normalized spacial score (nSPS) is 14.9. The fraction of sp³-hybridized carbons (Fsp3) is 0.182. The van der Waals surface area contributed by atoms with Crippen LogP contribution >= 0.6 is 22.7 Å². The highest BCUT2D eigenvalue weighted by atomic mass is 32.1. The van der Waals surface area contributed by atoms with Crippen LogP contribution in [0.2, 0.25) is 0 Å². The zero-order valence-electron chi connectivity index (χ0n) is 24.9. The molecule has 1 aliphatic rings. The number of aromatic nitrogens is 1. The van der Waals surface area contributed by atoms with Crippen LogP contribution in [0.3, 0.4) is 0 Å². The number of thiophene rings is 2. The van der Waals surface area contributed by atoms with E-state index in [1.807, 2.05) is 59.6 Å². The van der Waals surface area contributed by atoms with Gasteiger partial charge in [-0.15, -0.1) is 11.3 Å². The van der Waals surface area contributed by atoms with E-state index < -0.39 is 6.98 Å². The molecule has 0 radical (unpaired) electrons. The predicted molar refractivity (Wildman–Crippen MR) is 168 cm³/mol. The summed E-state index contributed by atoms with van der Waals surface area (Å²) in [5.41, 5.74) is 5.76. The van der Waals surface area contributed by atoms with E-state index in [1.54, 1.807) is 22.7 Å². The Morgan fingerprint density at radius 1 is 0.923 bits per heavy atom. The molecule has 1 aliphatic heterocycles. The van der Waals surface area contributed by atoms with Crippen molar-refractivity contribution in [2.45, 2.75) is 26.2 Å². The van der Waals surface area contributed by atoms with Gasteiger partial charge in [0.05, 0.1) is 33.1 Å². The molecule has 3 aromatic heterocycles. The molecule has 3 aromatic carbocycles. The Labute approximate surface area is 240 Å². The van der Waals surface area contributed by atoms with Crippen molar-refractivity contribution in [2.75, 3.05) is 23.4 Å². The van der Waals surface area contributed by atoms with Crippen molar-refractivity contribution in [1.29, 1.82) is 0 Å². The van der Waals surface area contributed by atoms with E-state index >= 15 is 0 Å². The van der Waals surface area contributed by atoms with Crippen molar-refractivity contribution in [2.24, 2.45) is 0 Å². The third-order valence-corrected chi connectivity index (χ3v) is 9.30. The van der Waals surface area contributed by atoms with Crippen LogP contribution in [0, 0.1) is 0 Å². The Hall–Kier alpha value is -3.87. The monoisotopic (exact) mass is 550 g/mol. The average Bonchev–Trinajstić information content (AvgIpc) is 3.68. The number of nitrogens with zero attached hydrogens (tertiary/aromatic N) is 3. The van der Waals surface area contributed by atoms with Gasteiger partial charge in [-0.2, -0.15) is 0 Å². The van der Waals surface area contributed by atoms with Crippen LogP contribution < -0.4 is 14.5 Å². The maximum atomic E-state index is 8.03. The van der Waals surface area contributed by atoms with Gasteiger partial charge in [-0.1, -0.05) is 50.3 Å². The maximum Gasteiger partial charge on any atom is 0.182 e. The van der Waals surface area contributed by atoms with Gasteiger partial charge in [0.1, 0.15) is 5.75 Å². The minimum atomic E-state index is -2.23. The lowest BCUT2D eigenvalue weighted by molar-refractivity contribution is 0.497. The molecule has 0 spiro atoms. The van der Waals surface area contributed by atoms with Crippen LogP contribution in [0.25, 0.3) is 31.4 Å². The van der Waals surface area contributed by atoms with Crippen LogP contribution in [0.1, 0.15) is 30.4 Å². The van der Waals surface area contributed by atoms with Gasteiger partial charge in [-0.05, 0) is 70.3 Å². The van der Waals surface area contributed by atoms with E-state index in [-0.39, 0.29) is 12.1 Å². The summed E-state index contributed by atoms with van der Waals surface area (Å²) < 4.78 is 33.0. The first-order valence-electron chi connectivity index (χ1n) is 14.4. The molecule has 7 rings (SSSR count). The second-order valence-electron chi connectivity index (χ2n) is 10.8. The topological polar surface area (TPSA) is 28.6 Å². The number of rotatable bonds is 4. The lowest BCUT2D eigenvalue weighted by Gasteiger charge is -2.20. The van der Waals surface area contributed by atoms with Crippen LogP contribution in [-0.4, -0.2) is 18.6 Å². The van der Waals surface area contributed by atoms with Gasteiger partial charge in [0.2, 0.25) is 0 Å². The van der Waals surface area contributed by atoms with Crippen molar-refractivity contribution in [3.8, 4) is 22.1 Å². The molecule has 0 atom stereocenters. The van der Waals surface area contributed by atoms with Gasteiger partial charge in [-0.3, -0.25) is 4.98 Å².